The van der Waals surface area contributed by atoms with E-state index in [2.05, 4.69) is 15.0 Å². The van der Waals surface area contributed by atoms with Gasteiger partial charge in [-0.3, -0.25) is 9.78 Å². The fourth-order valence-electron chi connectivity index (χ4n) is 3.05. The molecule has 0 aliphatic carbocycles. The van der Waals surface area contributed by atoms with Crippen molar-refractivity contribution < 1.29 is 31.1 Å². The molecule has 0 amide bonds. The van der Waals surface area contributed by atoms with Crippen molar-refractivity contribution in [1.82, 2.24) is 15.0 Å². The molecule has 2 aromatic heterocycles. The van der Waals surface area contributed by atoms with Crippen LogP contribution in [0, 0.1) is 6.92 Å². The van der Waals surface area contributed by atoms with E-state index < -0.39 is 47.3 Å². The van der Waals surface area contributed by atoms with Crippen LogP contribution >= 0.6 is 0 Å². The van der Waals surface area contributed by atoms with Gasteiger partial charge in [-0.15, -0.1) is 0 Å². The van der Waals surface area contributed by atoms with Gasteiger partial charge in [0.25, 0.3) is 0 Å². The molecule has 0 bridgehead atoms. The van der Waals surface area contributed by atoms with Gasteiger partial charge < -0.3 is 0 Å². The Morgan fingerprint density at radius 3 is 2.06 bits per heavy atom. The lowest BCUT2D eigenvalue weighted by Crippen LogP contribution is -2.18. The number of carbonyl (C=O) groups is 1. The largest absolute Gasteiger partial charge is 0.418 e. The van der Waals surface area contributed by atoms with E-state index in [0.29, 0.717) is 5.82 Å². The second-order valence-electron chi connectivity index (χ2n) is 6.75. The first kappa shape index (κ1) is 22.4. The van der Waals surface area contributed by atoms with E-state index in [0.717, 1.165) is 42.6 Å². The van der Waals surface area contributed by atoms with Crippen LogP contribution in [0.1, 0.15) is 50.9 Å². The number of alkyl halides is 6. The van der Waals surface area contributed by atoms with E-state index >= 15 is 0 Å². The topological polar surface area (TPSA) is 55.7 Å². The molecule has 0 saturated heterocycles. The summed E-state index contributed by atoms with van der Waals surface area (Å²) in [7, 11) is 0. The normalized spacial score (nSPS) is 13.1. The number of Topliss-reactive ketones (excluding diaryl/α,β-unsaturated/α-hetero) is 1. The molecular formula is C21H15F6N3O. The summed E-state index contributed by atoms with van der Waals surface area (Å²) >= 11 is 0. The minimum absolute atomic E-state index is 0.0759. The maximum atomic E-state index is 13.6. The quantitative estimate of drug-likeness (QED) is 0.382. The maximum absolute atomic E-state index is 13.6. The molecule has 1 atom stereocenters. The number of aromatic nitrogens is 3. The van der Waals surface area contributed by atoms with Gasteiger partial charge in [0.05, 0.1) is 22.4 Å². The Balaban J connectivity index is 2.07. The number of hydrogen-bond acceptors (Lipinski definition) is 4. The van der Waals surface area contributed by atoms with Crippen molar-refractivity contribution in [1.29, 1.82) is 0 Å². The number of hydrogen-bond donors (Lipinski definition) is 0. The molecule has 3 rings (SSSR count). The molecular weight excluding hydrogens is 424 g/mol. The number of pyridine rings is 1. The van der Waals surface area contributed by atoms with Gasteiger partial charge in [0.2, 0.25) is 0 Å². The van der Waals surface area contributed by atoms with Crippen LogP contribution in [0.15, 0.2) is 55.0 Å². The first-order valence-electron chi connectivity index (χ1n) is 8.98. The zero-order chi connectivity index (χ0) is 22.8. The Hall–Kier alpha value is -3.30. The predicted octanol–water partition coefficient (Wildman–Crippen LogP) is 5.62. The van der Waals surface area contributed by atoms with E-state index in [9.17, 15) is 31.1 Å². The fourth-order valence-corrected chi connectivity index (χ4v) is 3.05. The van der Waals surface area contributed by atoms with Crippen LogP contribution in [0.2, 0.25) is 0 Å². The number of rotatable bonds is 5. The minimum atomic E-state index is -4.76. The monoisotopic (exact) mass is 439 g/mol. The Morgan fingerprint density at radius 2 is 1.52 bits per heavy atom. The van der Waals surface area contributed by atoms with Crippen molar-refractivity contribution in [2.24, 2.45) is 0 Å². The molecule has 4 nitrogen and oxygen atoms in total. The third kappa shape index (κ3) is 5.25. The van der Waals surface area contributed by atoms with Gasteiger partial charge in [-0.25, -0.2) is 9.97 Å². The van der Waals surface area contributed by atoms with Crippen LogP contribution in [0.25, 0.3) is 0 Å². The first-order valence-corrected chi connectivity index (χ1v) is 8.98. The van der Waals surface area contributed by atoms with Crippen LogP contribution in [-0.2, 0) is 12.4 Å². The van der Waals surface area contributed by atoms with Gasteiger partial charge in [0.15, 0.2) is 5.78 Å². The third-order valence-corrected chi connectivity index (χ3v) is 4.61. The lowest BCUT2D eigenvalue weighted by Gasteiger charge is -2.21. The number of ketones is 1. The Labute approximate surface area is 173 Å². The van der Waals surface area contributed by atoms with Gasteiger partial charge in [0, 0.05) is 30.9 Å². The summed E-state index contributed by atoms with van der Waals surface area (Å²) in [5, 5.41) is 0. The van der Waals surface area contributed by atoms with E-state index in [1.165, 1.54) is 12.4 Å². The molecule has 0 radical (unpaired) electrons. The summed E-state index contributed by atoms with van der Waals surface area (Å²) in [5.41, 5.74) is -2.29. The molecule has 0 spiro atoms. The Kier molecular flexibility index (Phi) is 6.10. The molecule has 162 valence electrons. The average Bonchev–Trinajstić information content (AvgIpc) is 2.71. The number of benzene rings is 1. The van der Waals surface area contributed by atoms with Gasteiger partial charge in [-0.2, -0.15) is 26.3 Å². The molecule has 10 heteroatoms. The third-order valence-electron chi connectivity index (χ3n) is 4.61. The van der Waals surface area contributed by atoms with E-state index in [4.69, 9.17) is 0 Å². The van der Waals surface area contributed by atoms with Gasteiger partial charge in [-0.1, -0.05) is 12.1 Å². The lowest BCUT2D eigenvalue weighted by molar-refractivity contribution is -0.139. The molecule has 0 aliphatic rings. The van der Waals surface area contributed by atoms with Gasteiger partial charge >= 0.3 is 12.4 Å². The minimum Gasteiger partial charge on any atom is -0.294 e. The van der Waals surface area contributed by atoms with E-state index in [-0.39, 0.29) is 11.1 Å². The van der Waals surface area contributed by atoms with Crippen LogP contribution < -0.4 is 0 Å². The summed E-state index contributed by atoms with van der Waals surface area (Å²) in [6.45, 7) is 1.60. The van der Waals surface area contributed by atoms with Crippen molar-refractivity contribution in [3.05, 3.63) is 88.8 Å². The lowest BCUT2D eigenvalue weighted by atomic mass is 9.86. The smallest absolute Gasteiger partial charge is 0.294 e. The molecule has 0 N–H and O–H groups in total. The molecule has 3 aromatic rings. The van der Waals surface area contributed by atoms with E-state index in [1.54, 1.807) is 6.92 Å². The van der Waals surface area contributed by atoms with Crippen molar-refractivity contribution in [3.63, 3.8) is 0 Å². The van der Waals surface area contributed by atoms with Crippen molar-refractivity contribution in [2.45, 2.75) is 31.6 Å². The summed E-state index contributed by atoms with van der Waals surface area (Å²) < 4.78 is 79.4. The second-order valence-corrected chi connectivity index (χ2v) is 6.75. The average molecular weight is 439 g/mol. The Morgan fingerprint density at radius 1 is 0.903 bits per heavy atom. The maximum Gasteiger partial charge on any atom is 0.418 e. The molecule has 0 aliphatic heterocycles. The van der Waals surface area contributed by atoms with Crippen LogP contribution in [0.5, 0.6) is 0 Å². The van der Waals surface area contributed by atoms with Crippen molar-refractivity contribution >= 4 is 5.78 Å². The first-order chi connectivity index (χ1) is 14.5. The van der Waals surface area contributed by atoms with Crippen LogP contribution in [0.3, 0.4) is 0 Å². The summed E-state index contributed by atoms with van der Waals surface area (Å²) in [5.74, 6) is -1.39. The number of aryl methyl sites for hydroxylation is 1. The highest BCUT2D eigenvalue weighted by molar-refractivity contribution is 5.96. The van der Waals surface area contributed by atoms with Gasteiger partial charge in [0.1, 0.15) is 5.82 Å². The second kappa shape index (κ2) is 8.44. The predicted molar refractivity (Wildman–Crippen MR) is 98.2 cm³/mol. The summed E-state index contributed by atoms with van der Waals surface area (Å²) in [6, 6.07) is 5.56. The zero-order valence-electron chi connectivity index (χ0n) is 16.0. The molecule has 0 unspecified atom stereocenters. The Bertz CT molecular complexity index is 1060. The molecule has 0 saturated carbocycles. The summed E-state index contributed by atoms with van der Waals surface area (Å²) in [6.07, 6.45) is -6.19. The zero-order valence-corrected chi connectivity index (χ0v) is 16.0. The summed E-state index contributed by atoms with van der Waals surface area (Å²) in [4.78, 5) is 24.4. The van der Waals surface area contributed by atoms with Crippen molar-refractivity contribution in [3.8, 4) is 0 Å². The van der Waals surface area contributed by atoms with Crippen LogP contribution in [-0.4, -0.2) is 20.7 Å². The number of carbonyl (C=O) groups excluding carboxylic acids is 1. The molecule has 2 heterocycles. The molecule has 0 fully saturated rings. The molecule has 1 aromatic carbocycles. The number of halogens is 6. The standard InChI is InChI=1S/C21H15F6N3O/c1-12-29-10-14(11-30-12)18(31)9-16(13-4-6-15(7-5-13)20(22,23)24)19-17(21(25,26)27)3-2-8-28-19/h2-8,10-11,16H,9H2,1H3/t16-/m0/s1. The number of nitrogens with zero attached hydrogens (tertiary/aromatic N) is 3. The van der Waals surface area contributed by atoms with Crippen LogP contribution in [0.4, 0.5) is 26.3 Å². The van der Waals surface area contributed by atoms with E-state index in [1.807, 2.05) is 0 Å². The fraction of sp³-hybridized carbons (Fsp3) is 0.238. The van der Waals surface area contributed by atoms with Gasteiger partial charge in [-0.05, 0) is 36.8 Å². The van der Waals surface area contributed by atoms with Crippen molar-refractivity contribution in [2.75, 3.05) is 0 Å². The molecule has 31 heavy (non-hydrogen) atoms. The highest BCUT2D eigenvalue weighted by Gasteiger charge is 2.37. The highest BCUT2D eigenvalue weighted by Crippen LogP contribution is 2.39. The SMILES string of the molecule is Cc1ncc(C(=O)C[C@@H](c2ccc(C(F)(F)F)cc2)c2ncccc2C(F)(F)F)cn1. The highest BCUT2D eigenvalue weighted by atomic mass is 19.4.